The third kappa shape index (κ3) is 4.14. The molecule has 0 amide bonds. The molecule has 0 unspecified atom stereocenters. The van der Waals surface area contributed by atoms with E-state index in [-0.39, 0.29) is 6.79 Å². The third-order valence-corrected chi connectivity index (χ3v) is 4.52. The molecule has 0 saturated carbocycles. The van der Waals surface area contributed by atoms with E-state index in [1.807, 2.05) is 36.4 Å². The molecule has 1 aliphatic rings. The van der Waals surface area contributed by atoms with Crippen LogP contribution in [0.3, 0.4) is 0 Å². The lowest BCUT2D eigenvalue weighted by Gasteiger charge is -2.25. The van der Waals surface area contributed by atoms with Gasteiger partial charge in [0.05, 0.1) is 6.10 Å². The predicted molar refractivity (Wildman–Crippen MR) is 94.8 cm³/mol. The molecular formula is C18H19Cl2NO3. The van der Waals surface area contributed by atoms with Crippen molar-refractivity contribution in [2.24, 2.45) is 0 Å². The molecule has 0 spiro atoms. The average molecular weight is 368 g/mol. The molecule has 1 aliphatic heterocycles. The number of hydrogen-bond donors (Lipinski definition) is 1. The van der Waals surface area contributed by atoms with E-state index in [0.29, 0.717) is 29.7 Å². The highest BCUT2D eigenvalue weighted by Gasteiger charge is 2.17. The monoisotopic (exact) mass is 367 g/mol. The summed E-state index contributed by atoms with van der Waals surface area (Å²) in [4.78, 5) is 2.11. The quantitative estimate of drug-likeness (QED) is 0.834. The van der Waals surface area contributed by atoms with Gasteiger partial charge in [-0.05, 0) is 36.8 Å². The Labute approximate surface area is 151 Å². The Morgan fingerprint density at radius 1 is 1.08 bits per heavy atom. The topological polar surface area (TPSA) is 41.9 Å². The van der Waals surface area contributed by atoms with E-state index >= 15 is 0 Å². The molecule has 0 fully saturated rings. The highest BCUT2D eigenvalue weighted by molar-refractivity contribution is 6.35. The van der Waals surface area contributed by atoms with Gasteiger partial charge in [-0.2, -0.15) is 0 Å². The molecule has 0 aliphatic carbocycles. The van der Waals surface area contributed by atoms with E-state index in [9.17, 15) is 5.11 Å². The summed E-state index contributed by atoms with van der Waals surface area (Å²) in [6, 6.07) is 11.3. The SMILES string of the molecule is C[C@H](O)CN(Cc1ccc2c(c1)OCO2)Cc1c(Cl)cccc1Cl. The van der Waals surface area contributed by atoms with Crippen molar-refractivity contribution < 1.29 is 14.6 Å². The first-order valence-corrected chi connectivity index (χ1v) is 8.50. The summed E-state index contributed by atoms with van der Waals surface area (Å²) in [5, 5.41) is 11.1. The maximum absolute atomic E-state index is 9.82. The number of nitrogens with zero attached hydrogens (tertiary/aromatic N) is 1. The maximum atomic E-state index is 9.82. The van der Waals surface area contributed by atoms with Crippen molar-refractivity contribution in [1.29, 1.82) is 0 Å². The van der Waals surface area contributed by atoms with Gasteiger partial charge in [-0.25, -0.2) is 0 Å². The molecular weight excluding hydrogens is 349 g/mol. The molecule has 6 heteroatoms. The lowest BCUT2D eigenvalue weighted by Crippen LogP contribution is -2.30. The minimum atomic E-state index is -0.458. The average Bonchev–Trinajstić information content (AvgIpc) is 2.98. The number of benzene rings is 2. The van der Waals surface area contributed by atoms with Crippen molar-refractivity contribution in [3.63, 3.8) is 0 Å². The van der Waals surface area contributed by atoms with Crippen LogP contribution in [0.2, 0.25) is 10.0 Å². The molecule has 0 saturated heterocycles. The molecule has 1 N–H and O–H groups in total. The van der Waals surface area contributed by atoms with E-state index < -0.39 is 6.10 Å². The lowest BCUT2D eigenvalue weighted by molar-refractivity contribution is 0.118. The van der Waals surface area contributed by atoms with Crippen LogP contribution in [-0.4, -0.2) is 29.4 Å². The van der Waals surface area contributed by atoms with Crippen LogP contribution in [-0.2, 0) is 13.1 Å². The van der Waals surface area contributed by atoms with E-state index in [0.717, 1.165) is 22.6 Å². The van der Waals surface area contributed by atoms with Crippen LogP contribution < -0.4 is 9.47 Å². The first kappa shape index (κ1) is 17.4. The Morgan fingerprint density at radius 3 is 2.50 bits per heavy atom. The smallest absolute Gasteiger partial charge is 0.231 e. The van der Waals surface area contributed by atoms with Gasteiger partial charge in [0.25, 0.3) is 0 Å². The minimum Gasteiger partial charge on any atom is -0.454 e. The number of halogens is 2. The summed E-state index contributed by atoms with van der Waals surface area (Å²) in [5.74, 6) is 1.51. The lowest BCUT2D eigenvalue weighted by atomic mass is 10.1. The summed E-state index contributed by atoms with van der Waals surface area (Å²) >= 11 is 12.6. The van der Waals surface area contributed by atoms with E-state index in [1.165, 1.54) is 0 Å². The van der Waals surface area contributed by atoms with Gasteiger partial charge in [0.2, 0.25) is 6.79 Å². The van der Waals surface area contributed by atoms with Gasteiger partial charge in [-0.1, -0.05) is 35.3 Å². The van der Waals surface area contributed by atoms with Crippen LogP contribution in [0.5, 0.6) is 11.5 Å². The fraction of sp³-hybridized carbons (Fsp3) is 0.333. The van der Waals surface area contributed by atoms with Gasteiger partial charge >= 0.3 is 0 Å². The van der Waals surface area contributed by atoms with Crippen LogP contribution in [0.1, 0.15) is 18.1 Å². The van der Waals surface area contributed by atoms with Crippen molar-refractivity contribution in [2.75, 3.05) is 13.3 Å². The maximum Gasteiger partial charge on any atom is 0.231 e. The van der Waals surface area contributed by atoms with E-state index in [2.05, 4.69) is 4.90 Å². The molecule has 1 heterocycles. The molecule has 1 atom stereocenters. The fourth-order valence-corrected chi connectivity index (χ4v) is 3.28. The summed E-state index contributed by atoms with van der Waals surface area (Å²) < 4.78 is 10.8. The number of fused-ring (bicyclic) bond motifs is 1. The van der Waals surface area contributed by atoms with Crippen LogP contribution >= 0.6 is 23.2 Å². The van der Waals surface area contributed by atoms with Gasteiger partial charge in [0, 0.05) is 35.2 Å². The Kier molecular flexibility index (Phi) is 5.51. The molecule has 2 aromatic carbocycles. The summed E-state index contributed by atoms with van der Waals surface area (Å²) in [6.45, 7) is 3.73. The van der Waals surface area contributed by atoms with Crippen molar-refractivity contribution in [1.82, 2.24) is 4.90 Å². The van der Waals surface area contributed by atoms with Gasteiger partial charge < -0.3 is 14.6 Å². The molecule has 0 bridgehead atoms. The molecule has 0 aromatic heterocycles. The van der Waals surface area contributed by atoms with Crippen molar-refractivity contribution >= 4 is 23.2 Å². The Bertz CT molecular complexity index is 701. The normalized spacial score (nSPS) is 14.2. The number of aliphatic hydroxyl groups excluding tert-OH is 1. The summed E-state index contributed by atoms with van der Waals surface area (Å²) in [7, 11) is 0. The highest BCUT2D eigenvalue weighted by Crippen LogP contribution is 2.33. The van der Waals surface area contributed by atoms with Gasteiger partial charge in [0.15, 0.2) is 11.5 Å². The first-order valence-electron chi connectivity index (χ1n) is 7.75. The summed E-state index contributed by atoms with van der Waals surface area (Å²) in [6.07, 6.45) is -0.458. The number of ether oxygens (including phenoxy) is 2. The Hall–Kier alpha value is -1.46. The predicted octanol–water partition coefficient (Wildman–Crippen LogP) is 4.11. The number of hydrogen-bond acceptors (Lipinski definition) is 4. The summed E-state index contributed by atoms with van der Waals surface area (Å²) in [5.41, 5.74) is 1.94. The zero-order chi connectivity index (χ0) is 17.1. The van der Waals surface area contributed by atoms with Crippen molar-refractivity contribution in [3.05, 3.63) is 57.6 Å². The Morgan fingerprint density at radius 2 is 1.79 bits per heavy atom. The zero-order valence-electron chi connectivity index (χ0n) is 13.3. The molecule has 128 valence electrons. The second-order valence-electron chi connectivity index (χ2n) is 5.91. The second-order valence-corrected chi connectivity index (χ2v) is 6.72. The first-order chi connectivity index (χ1) is 11.5. The number of rotatable bonds is 6. The van der Waals surface area contributed by atoms with Crippen LogP contribution in [0, 0.1) is 0 Å². The van der Waals surface area contributed by atoms with Gasteiger partial charge in [-0.15, -0.1) is 0 Å². The largest absolute Gasteiger partial charge is 0.454 e. The van der Waals surface area contributed by atoms with Gasteiger partial charge in [-0.3, -0.25) is 4.90 Å². The molecule has 3 rings (SSSR count). The third-order valence-electron chi connectivity index (χ3n) is 3.81. The fourth-order valence-electron chi connectivity index (χ4n) is 2.76. The van der Waals surface area contributed by atoms with Crippen LogP contribution in [0.4, 0.5) is 0 Å². The molecule has 2 aromatic rings. The standard InChI is InChI=1S/C18H19Cl2NO3/c1-12(22)8-21(10-14-15(19)3-2-4-16(14)20)9-13-5-6-17-18(7-13)24-11-23-17/h2-7,12,22H,8-11H2,1H3/t12-/m0/s1. The van der Waals surface area contributed by atoms with E-state index in [4.69, 9.17) is 32.7 Å². The molecule has 24 heavy (non-hydrogen) atoms. The zero-order valence-corrected chi connectivity index (χ0v) is 14.8. The van der Waals surface area contributed by atoms with Crippen LogP contribution in [0.25, 0.3) is 0 Å². The molecule has 0 radical (unpaired) electrons. The molecule has 4 nitrogen and oxygen atoms in total. The minimum absolute atomic E-state index is 0.255. The van der Waals surface area contributed by atoms with Crippen LogP contribution in [0.15, 0.2) is 36.4 Å². The van der Waals surface area contributed by atoms with Crippen molar-refractivity contribution in [3.8, 4) is 11.5 Å². The second kappa shape index (κ2) is 7.62. The number of aliphatic hydroxyl groups is 1. The van der Waals surface area contributed by atoms with Gasteiger partial charge in [0.1, 0.15) is 0 Å². The Balaban J connectivity index is 1.79. The van der Waals surface area contributed by atoms with Crippen molar-refractivity contribution in [2.45, 2.75) is 26.1 Å². The highest BCUT2D eigenvalue weighted by atomic mass is 35.5. The van der Waals surface area contributed by atoms with E-state index in [1.54, 1.807) is 6.92 Å².